The van der Waals surface area contributed by atoms with Crippen LogP contribution in [0, 0.1) is 17.6 Å². The number of nitrogens with zero attached hydrogens (tertiary/aromatic N) is 4. The van der Waals surface area contributed by atoms with Gasteiger partial charge in [0.25, 0.3) is 10.2 Å². The van der Waals surface area contributed by atoms with E-state index in [9.17, 15) is 22.0 Å². The zero-order valence-electron chi connectivity index (χ0n) is 18.5. The highest BCUT2D eigenvalue weighted by Gasteiger charge is 2.35. The van der Waals surface area contributed by atoms with Gasteiger partial charge in [0.15, 0.2) is 11.6 Å². The molecule has 1 amide bonds. The fourth-order valence-electron chi connectivity index (χ4n) is 3.93. The molecule has 3 fully saturated rings. The molecule has 1 saturated carbocycles. The predicted molar refractivity (Wildman–Crippen MR) is 124 cm³/mol. The maximum absolute atomic E-state index is 15.0. The van der Waals surface area contributed by atoms with Crippen LogP contribution in [0.3, 0.4) is 0 Å². The lowest BCUT2D eigenvalue weighted by atomic mass is 10.2. The van der Waals surface area contributed by atoms with Crippen LogP contribution in [0.25, 0.3) is 0 Å². The Morgan fingerprint density at radius 3 is 2.33 bits per heavy atom. The predicted octanol–water partition coefficient (Wildman–Crippen LogP) is 1.55. The van der Waals surface area contributed by atoms with Crippen molar-refractivity contribution in [3.05, 3.63) is 23.8 Å². The van der Waals surface area contributed by atoms with Crippen LogP contribution in [-0.2, 0) is 14.9 Å². The van der Waals surface area contributed by atoms with Gasteiger partial charge >= 0.3 is 6.09 Å². The first-order chi connectivity index (χ1) is 15.6. The third-order valence-electron chi connectivity index (χ3n) is 5.98. The summed E-state index contributed by atoms with van der Waals surface area (Å²) < 4.78 is 62.1. The van der Waals surface area contributed by atoms with Crippen molar-refractivity contribution >= 4 is 44.9 Å². The number of hydrogen-bond acceptors (Lipinski definition) is 6. The Labute approximate surface area is 197 Å². The summed E-state index contributed by atoms with van der Waals surface area (Å²) >= 11 is 5.27. The maximum atomic E-state index is 15.0. The minimum absolute atomic E-state index is 0.0693. The van der Waals surface area contributed by atoms with Crippen molar-refractivity contribution in [2.24, 2.45) is 5.92 Å². The summed E-state index contributed by atoms with van der Waals surface area (Å²) in [5.41, 5.74) is -0.166. The van der Waals surface area contributed by atoms with Crippen LogP contribution in [0.1, 0.15) is 12.8 Å². The fraction of sp³-hybridized carbons (Fsp3) is 0.600. The van der Waals surface area contributed by atoms with Gasteiger partial charge < -0.3 is 15.0 Å². The standard InChI is InChI=1S/C20H27F2N5O4S2/c1-24(2)33(29,30)26-7-5-25(6-8-26)18-16(21)9-14(10-17(18)22)27-12-15(31-20(27)28)11-23-19(32)13-3-4-13/h9-10,13,15H,3-8,11-12H2,1-2H3,(H,23,32). The number of carbonyl (C=O) groups excluding carboxylic acids is 1. The molecule has 0 spiro atoms. The molecule has 1 atom stereocenters. The molecule has 9 nitrogen and oxygen atoms in total. The van der Waals surface area contributed by atoms with Crippen molar-refractivity contribution in [1.82, 2.24) is 13.9 Å². The Balaban J connectivity index is 1.41. The molecule has 0 aromatic heterocycles. The Hall–Kier alpha value is -2.09. The van der Waals surface area contributed by atoms with Crippen molar-refractivity contribution < 1.29 is 26.7 Å². The molecule has 1 aliphatic carbocycles. The minimum atomic E-state index is -3.59. The van der Waals surface area contributed by atoms with E-state index in [1.54, 1.807) is 0 Å². The average molecular weight is 504 g/mol. The van der Waals surface area contributed by atoms with Crippen molar-refractivity contribution in [2.75, 3.05) is 63.2 Å². The number of carbonyl (C=O) groups is 1. The van der Waals surface area contributed by atoms with Crippen LogP contribution in [0.4, 0.5) is 25.0 Å². The number of thiocarbonyl (C=S) groups is 1. The summed E-state index contributed by atoms with van der Waals surface area (Å²) in [6, 6.07) is 2.21. The molecule has 2 aliphatic heterocycles. The molecule has 2 heterocycles. The number of cyclic esters (lactones) is 1. The number of rotatable bonds is 7. The third-order valence-corrected chi connectivity index (χ3v) is 8.40. The molecule has 1 unspecified atom stereocenters. The van der Waals surface area contributed by atoms with Crippen molar-refractivity contribution in [2.45, 2.75) is 18.9 Å². The lowest BCUT2D eigenvalue weighted by molar-refractivity contribution is 0.143. The van der Waals surface area contributed by atoms with Crippen molar-refractivity contribution in [3.63, 3.8) is 0 Å². The summed E-state index contributed by atoms with van der Waals surface area (Å²) in [5, 5.41) is 3.10. The second-order valence-electron chi connectivity index (χ2n) is 8.57. The summed E-state index contributed by atoms with van der Waals surface area (Å²) in [4.78, 5) is 15.7. The van der Waals surface area contributed by atoms with Crippen LogP contribution >= 0.6 is 12.2 Å². The number of hydrogen-bond donors (Lipinski definition) is 1. The molecule has 1 aromatic rings. The number of amides is 1. The lowest BCUT2D eigenvalue weighted by Crippen LogP contribution is -2.52. The largest absolute Gasteiger partial charge is 0.442 e. The number of anilines is 2. The molecule has 182 valence electrons. The highest BCUT2D eigenvalue weighted by molar-refractivity contribution is 7.86. The van der Waals surface area contributed by atoms with Gasteiger partial charge in [-0.05, 0) is 12.8 Å². The molecule has 0 radical (unpaired) electrons. The van der Waals surface area contributed by atoms with Gasteiger partial charge in [-0.2, -0.15) is 17.0 Å². The van der Waals surface area contributed by atoms with Crippen LogP contribution in [0.5, 0.6) is 0 Å². The third kappa shape index (κ3) is 5.05. The SMILES string of the molecule is CN(C)S(=O)(=O)N1CCN(c2c(F)cc(N3CC(CNC(=S)C4CC4)OC3=O)cc2F)CC1. The van der Waals surface area contributed by atoms with E-state index in [1.807, 2.05) is 0 Å². The van der Waals surface area contributed by atoms with Crippen molar-refractivity contribution in [1.29, 1.82) is 0 Å². The monoisotopic (exact) mass is 503 g/mol. The van der Waals surface area contributed by atoms with E-state index in [0.29, 0.717) is 12.5 Å². The number of benzene rings is 1. The number of nitrogens with one attached hydrogen (secondary N) is 1. The Morgan fingerprint density at radius 1 is 1.18 bits per heavy atom. The molecule has 13 heteroatoms. The first kappa shape index (κ1) is 24.0. The number of piperazine rings is 1. The van der Waals surface area contributed by atoms with Gasteiger partial charge in [0.2, 0.25) is 0 Å². The molecule has 33 heavy (non-hydrogen) atoms. The van der Waals surface area contributed by atoms with Crippen LogP contribution < -0.4 is 15.1 Å². The van der Waals surface area contributed by atoms with E-state index in [4.69, 9.17) is 17.0 Å². The van der Waals surface area contributed by atoms with E-state index >= 15 is 0 Å². The molecule has 2 saturated heterocycles. The second kappa shape index (κ2) is 9.28. The molecule has 1 aromatic carbocycles. The number of ether oxygens (including phenoxy) is 1. The maximum Gasteiger partial charge on any atom is 0.414 e. The van der Waals surface area contributed by atoms with E-state index in [1.165, 1.54) is 28.2 Å². The van der Waals surface area contributed by atoms with Gasteiger partial charge in [0.1, 0.15) is 11.8 Å². The van der Waals surface area contributed by atoms with Gasteiger partial charge in [-0.25, -0.2) is 13.6 Å². The van der Waals surface area contributed by atoms with Crippen LogP contribution in [0.15, 0.2) is 12.1 Å². The summed E-state index contributed by atoms with van der Waals surface area (Å²) in [6.07, 6.45) is 0.974. The van der Waals surface area contributed by atoms with Gasteiger partial charge in [-0.1, -0.05) is 12.2 Å². The minimum Gasteiger partial charge on any atom is -0.442 e. The Kier molecular flexibility index (Phi) is 6.76. The normalized spacial score (nSPS) is 22.1. The Bertz CT molecular complexity index is 1020. The molecular weight excluding hydrogens is 476 g/mol. The second-order valence-corrected chi connectivity index (χ2v) is 11.2. The van der Waals surface area contributed by atoms with E-state index in [-0.39, 0.29) is 44.1 Å². The summed E-state index contributed by atoms with van der Waals surface area (Å²) in [6.45, 7) is 0.995. The van der Waals surface area contributed by atoms with E-state index in [2.05, 4.69) is 5.32 Å². The van der Waals surface area contributed by atoms with Gasteiger partial charge in [0, 0.05) is 58.3 Å². The first-order valence-electron chi connectivity index (χ1n) is 10.8. The molecule has 3 aliphatic rings. The van der Waals surface area contributed by atoms with Gasteiger partial charge in [-0.3, -0.25) is 4.90 Å². The summed E-state index contributed by atoms with van der Waals surface area (Å²) in [5.74, 6) is -1.25. The quantitative estimate of drug-likeness (QED) is 0.565. The zero-order chi connectivity index (χ0) is 23.9. The fourth-order valence-corrected chi connectivity index (χ4v) is 5.33. The van der Waals surface area contributed by atoms with Crippen molar-refractivity contribution in [3.8, 4) is 0 Å². The molecule has 0 bridgehead atoms. The smallest absolute Gasteiger partial charge is 0.414 e. The van der Waals surface area contributed by atoms with E-state index < -0.39 is 34.0 Å². The zero-order valence-corrected chi connectivity index (χ0v) is 20.1. The molecule has 1 N–H and O–H groups in total. The average Bonchev–Trinajstić information content (AvgIpc) is 3.54. The Morgan fingerprint density at radius 2 is 1.79 bits per heavy atom. The lowest BCUT2D eigenvalue weighted by Gasteiger charge is -2.36. The highest BCUT2D eigenvalue weighted by Crippen LogP contribution is 2.32. The van der Waals surface area contributed by atoms with Crippen LogP contribution in [0.2, 0.25) is 0 Å². The molecule has 4 rings (SSSR count). The van der Waals surface area contributed by atoms with Crippen LogP contribution in [-0.4, -0.2) is 87.6 Å². The first-order valence-corrected chi connectivity index (χ1v) is 12.6. The highest BCUT2D eigenvalue weighted by atomic mass is 32.2. The topological polar surface area (TPSA) is 85.4 Å². The van der Waals surface area contributed by atoms with E-state index in [0.717, 1.165) is 34.3 Å². The van der Waals surface area contributed by atoms with Gasteiger partial charge in [0.05, 0.1) is 23.8 Å². The summed E-state index contributed by atoms with van der Waals surface area (Å²) in [7, 11) is -0.714. The van der Waals surface area contributed by atoms with Gasteiger partial charge in [-0.15, -0.1) is 0 Å². The molecular formula is C20H27F2N5O4S2. The number of halogens is 2.